The van der Waals surface area contributed by atoms with Crippen LogP contribution in [0.3, 0.4) is 0 Å². The van der Waals surface area contributed by atoms with Crippen LogP contribution >= 0.6 is 0 Å². The summed E-state index contributed by atoms with van der Waals surface area (Å²) in [7, 11) is 0. The summed E-state index contributed by atoms with van der Waals surface area (Å²) in [5.74, 6) is 0. The van der Waals surface area contributed by atoms with Gasteiger partial charge in [-0.05, 0) is 58.4 Å². The fourth-order valence-corrected chi connectivity index (χ4v) is 3.82. The Morgan fingerprint density at radius 1 is 1.19 bits per heavy atom. The van der Waals surface area contributed by atoms with Crippen LogP contribution in [0.5, 0.6) is 0 Å². The van der Waals surface area contributed by atoms with E-state index in [0.717, 1.165) is 19.7 Å². The van der Waals surface area contributed by atoms with E-state index in [1.165, 1.54) is 51.6 Å². The quantitative estimate of drug-likeness (QED) is 0.779. The number of nitrogens with zero attached hydrogens (tertiary/aromatic N) is 1. The van der Waals surface area contributed by atoms with Gasteiger partial charge in [-0.2, -0.15) is 0 Å². The average Bonchev–Trinajstić information content (AvgIpc) is 3.07. The van der Waals surface area contributed by atoms with Crippen molar-refractivity contribution in [2.24, 2.45) is 5.41 Å². The second-order valence-electron chi connectivity index (χ2n) is 8.27. The lowest BCUT2D eigenvalue weighted by Gasteiger charge is -2.38. The predicted octanol–water partition coefficient (Wildman–Crippen LogP) is 3.44. The van der Waals surface area contributed by atoms with Crippen molar-refractivity contribution in [2.45, 2.75) is 77.9 Å². The van der Waals surface area contributed by atoms with E-state index in [0.29, 0.717) is 11.5 Å². The van der Waals surface area contributed by atoms with E-state index in [2.05, 4.69) is 37.9 Å². The largest absolute Gasteiger partial charge is 0.377 e. The standard InChI is InChI=1S/C18H36N2O/c1-5-20(13-16-9-8-12-21-16)15-18(10-6-7-11-18)14-19-17(2,3)4/h16,19H,5-15H2,1-4H3. The fraction of sp³-hybridized carbons (Fsp3) is 1.00. The number of hydrogen-bond acceptors (Lipinski definition) is 3. The van der Waals surface area contributed by atoms with Crippen LogP contribution in [-0.2, 0) is 4.74 Å². The molecule has 1 aliphatic heterocycles. The molecule has 2 aliphatic rings. The van der Waals surface area contributed by atoms with E-state index >= 15 is 0 Å². The zero-order valence-corrected chi connectivity index (χ0v) is 14.7. The first kappa shape index (κ1) is 17.2. The lowest BCUT2D eigenvalue weighted by atomic mass is 9.84. The number of rotatable bonds is 7. The molecular formula is C18H36N2O. The van der Waals surface area contributed by atoms with Gasteiger partial charge in [0.15, 0.2) is 0 Å². The third-order valence-electron chi connectivity index (χ3n) is 5.15. The second kappa shape index (κ2) is 7.43. The molecule has 1 aliphatic carbocycles. The average molecular weight is 296 g/mol. The molecule has 3 nitrogen and oxygen atoms in total. The van der Waals surface area contributed by atoms with Gasteiger partial charge in [0.25, 0.3) is 0 Å². The molecule has 0 aromatic rings. The molecule has 1 N–H and O–H groups in total. The Morgan fingerprint density at radius 3 is 2.43 bits per heavy atom. The molecule has 1 saturated heterocycles. The van der Waals surface area contributed by atoms with Crippen LogP contribution in [0.15, 0.2) is 0 Å². The van der Waals surface area contributed by atoms with E-state index in [1.807, 2.05) is 0 Å². The number of nitrogens with one attached hydrogen (secondary N) is 1. The molecule has 3 heteroatoms. The SMILES string of the molecule is CCN(CC1CCCO1)CC1(CNC(C)(C)C)CCCC1. The first-order valence-electron chi connectivity index (χ1n) is 9.01. The summed E-state index contributed by atoms with van der Waals surface area (Å²) in [5.41, 5.74) is 0.711. The third-order valence-corrected chi connectivity index (χ3v) is 5.15. The molecule has 1 unspecified atom stereocenters. The topological polar surface area (TPSA) is 24.5 Å². The molecule has 0 aromatic heterocycles. The number of ether oxygens (including phenoxy) is 1. The summed E-state index contributed by atoms with van der Waals surface area (Å²) in [6.07, 6.45) is 8.57. The molecule has 1 heterocycles. The Hall–Kier alpha value is -0.120. The molecule has 124 valence electrons. The van der Waals surface area contributed by atoms with Crippen molar-refractivity contribution in [1.29, 1.82) is 0 Å². The van der Waals surface area contributed by atoms with Crippen molar-refractivity contribution in [3.05, 3.63) is 0 Å². The highest BCUT2D eigenvalue weighted by Crippen LogP contribution is 2.39. The molecule has 0 spiro atoms. The highest BCUT2D eigenvalue weighted by molar-refractivity contribution is 4.91. The Morgan fingerprint density at radius 2 is 1.90 bits per heavy atom. The summed E-state index contributed by atoms with van der Waals surface area (Å²) >= 11 is 0. The van der Waals surface area contributed by atoms with Gasteiger partial charge in [-0.25, -0.2) is 0 Å². The molecule has 0 radical (unpaired) electrons. The van der Waals surface area contributed by atoms with E-state index < -0.39 is 0 Å². The normalized spacial score (nSPS) is 25.9. The van der Waals surface area contributed by atoms with Crippen LogP contribution in [0.25, 0.3) is 0 Å². The minimum atomic E-state index is 0.223. The van der Waals surface area contributed by atoms with Gasteiger partial charge in [0.1, 0.15) is 0 Å². The van der Waals surface area contributed by atoms with Crippen LogP contribution in [0.4, 0.5) is 0 Å². The van der Waals surface area contributed by atoms with Gasteiger partial charge in [0.2, 0.25) is 0 Å². The highest BCUT2D eigenvalue weighted by Gasteiger charge is 2.36. The Bertz CT molecular complexity index is 299. The Kier molecular flexibility index (Phi) is 6.10. The molecule has 1 saturated carbocycles. The van der Waals surface area contributed by atoms with Crippen LogP contribution in [0, 0.1) is 5.41 Å². The minimum absolute atomic E-state index is 0.223. The van der Waals surface area contributed by atoms with Crippen LogP contribution in [0.2, 0.25) is 0 Å². The lowest BCUT2D eigenvalue weighted by molar-refractivity contribution is 0.0549. The molecule has 2 rings (SSSR count). The molecule has 0 aromatic carbocycles. The van der Waals surface area contributed by atoms with Crippen molar-refractivity contribution in [2.75, 3.05) is 32.8 Å². The van der Waals surface area contributed by atoms with Gasteiger partial charge >= 0.3 is 0 Å². The number of hydrogen-bond donors (Lipinski definition) is 1. The number of likely N-dealkylation sites (N-methyl/N-ethyl adjacent to an activating group) is 1. The van der Waals surface area contributed by atoms with Gasteiger partial charge in [0.05, 0.1) is 6.10 Å². The maximum Gasteiger partial charge on any atom is 0.0702 e. The van der Waals surface area contributed by atoms with Gasteiger partial charge in [-0.15, -0.1) is 0 Å². The third kappa shape index (κ3) is 5.54. The molecule has 21 heavy (non-hydrogen) atoms. The van der Waals surface area contributed by atoms with Crippen molar-refractivity contribution in [1.82, 2.24) is 10.2 Å². The smallest absolute Gasteiger partial charge is 0.0702 e. The summed E-state index contributed by atoms with van der Waals surface area (Å²) in [6.45, 7) is 14.8. The molecule has 0 amide bonds. The van der Waals surface area contributed by atoms with Crippen molar-refractivity contribution in [3.63, 3.8) is 0 Å². The van der Waals surface area contributed by atoms with Crippen LogP contribution in [0.1, 0.15) is 66.2 Å². The van der Waals surface area contributed by atoms with Crippen molar-refractivity contribution < 1.29 is 4.74 Å². The van der Waals surface area contributed by atoms with E-state index in [-0.39, 0.29) is 5.54 Å². The first-order valence-corrected chi connectivity index (χ1v) is 9.01. The van der Waals surface area contributed by atoms with Gasteiger partial charge < -0.3 is 15.0 Å². The van der Waals surface area contributed by atoms with E-state index in [1.54, 1.807) is 0 Å². The maximum atomic E-state index is 5.84. The molecule has 1 atom stereocenters. The summed E-state index contributed by atoms with van der Waals surface area (Å²) < 4.78 is 5.84. The predicted molar refractivity (Wildman–Crippen MR) is 89.7 cm³/mol. The van der Waals surface area contributed by atoms with Crippen molar-refractivity contribution >= 4 is 0 Å². The lowest BCUT2D eigenvalue weighted by Crippen LogP contribution is -2.48. The summed E-state index contributed by atoms with van der Waals surface area (Å²) in [4.78, 5) is 2.64. The molecular weight excluding hydrogens is 260 g/mol. The van der Waals surface area contributed by atoms with Crippen molar-refractivity contribution in [3.8, 4) is 0 Å². The first-order chi connectivity index (χ1) is 9.92. The molecule has 2 fully saturated rings. The van der Waals surface area contributed by atoms with Gasteiger partial charge in [-0.1, -0.05) is 19.8 Å². The molecule has 0 bridgehead atoms. The Labute approximate surface area is 131 Å². The highest BCUT2D eigenvalue weighted by atomic mass is 16.5. The second-order valence-corrected chi connectivity index (χ2v) is 8.27. The van der Waals surface area contributed by atoms with Crippen LogP contribution < -0.4 is 5.32 Å². The zero-order valence-electron chi connectivity index (χ0n) is 14.7. The summed E-state index contributed by atoms with van der Waals surface area (Å²) in [6, 6.07) is 0. The monoisotopic (exact) mass is 296 g/mol. The zero-order chi connectivity index (χ0) is 15.3. The van der Waals surface area contributed by atoms with E-state index in [4.69, 9.17) is 4.74 Å². The Balaban J connectivity index is 1.90. The fourth-order valence-electron chi connectivity index (χ4n) is 3.82. The minimum Gasteiger partial charge on any atom is -0.377 e. The summed E-state index contributed by atoms with van der Waals surface area (Å²) in [5, 5.41) is 3.77. The van der Waals surface area contributed by atoms with Gasteiger partial charge in [0, 0.05) is 31.8 Å². The maximum absolute atomic E-state index is 5.84. The van der Waals surface area contributed by atoms with Gasteiger partial charge in [-0.3, -0.25) is 0 Å². The van der Waals surface area contributed by atoms with Crippen LogP contribution in [-0.4, -0.2) is 49.3 Å². The van der Waals surface area contributed by atoms with E-state index in [9.17, 15) is 0 Å².